The number of aliphatic carboxylic acids is 1. The number of carboxylic acid groups (broad SMARTS) is 1. The van der Waals surface area contributed by atoms with Gasteiger partial charge in [0.2, 0.25) is 0 Å². The van der Waals surface area contributed by atoms with E-state index < -0.39 is 23.6 Å². The molecule has 0 spiro atoms. The van der Waals surface area contributed by atoms with Crippen molar-refractivity contribution in [1.82, 2.24) is 4.90 Å². The molecule has 0 aliphatic carbocycles. The number of furan rings is 1. The Balaban J connectivity index is 2.30. The molecule has 0 fully saturated rings. The van der Waals surface area contributed by atoms with Gasteiger partial charge in [-0.05, 0) is 54.4 Å². The first kappa shape index (κ1) is 19.1. The van der Waals surface area contributed by atoms with Gasteiger partial charge in [-0.25, -0.2) is 9.59 Å². The van der Waals surface area contributed by atoms with Gasteiger partial charge in [0.25, 0.3) is 0 Å². The fraction of sp³-hybridized carbons (Fsp3) is 0.333. The Morgan fingerprint density at radius 1 is 1.24 bits per heavy atom. The molecule has 0 bridgehead atoms. The summed E-state index contributed by atoms with van der Waals surface area (Å²) in [5.74, 6) is -1.07. The fourth-order valence-corrected chi connectivity index (χ4v) is 2.91. The molecule has 0 aliphatic heterocycles. The normalized spacial score (nSPS) is 13.3. The summed E-state index contributed by atoms with van der Waals surface area (Å²) in [6.07, 6.45) is -0.726. The van der Waals surface area contributed by atoms with Crippen LogP contribution in [-0.2, 0) is 21.7 Å². The van der Waals surface area contributed by atoms with E-state index in [-0.39, 0.29) is 12.4 Å². The van der Waals surface area contributed by atoms with Crippen LogP contribution in [0.15, 0.2) is 51.6 Å². The van der Waals surface area contributed by atoms with Gasteiger partial charge in [-0.3, -0.25) is 4.90 Å². The number of nitrogens with zero attached hydrogens (tertiary/aromatic N) is 1. The van der Waals surface area contributed by atoms with Crippen molar-refractivity contribution in [3.05, 3.63) is 58.5 Å². The number of ether oxygens (including phenoxy) is 1. The Morgan fingerprint density at radius 3 is 2.36 bits per heavy atom. The topological polar surface area (TPSA) is 80.0 Å². The highest BCUT2D eigenvalue weighted by molar-refractivity contribution is 9.10. The van der Waals surface area contributed by atoms with Crippen LogP contribution in [0, 0.1) is 0 Å². The molecule has 0 radical (unpaired) electrons. The number of halogens is 1. The van der Waals surface area contributed by atoms with Crippen molar-refractivity contribution in [2.75, 3.05) is 0 Å². The number of hydrogen-bond donors (Lipinski definition) is 1. The summed E-state index contributed by atoms with van der Waals surface area (Å²) < 4.78 is 11.2. The second-order valence-electron chi connectivity index (χ2n) is 5.99. The lowest BCUT2D eigenvalue weighted by molar-refractivity contribution is -0.152. The van der Waals surface area contributed by atoms with Crippen molar-refractivity contribution in [3.8, 4) is 0 Å². The molecule has 0 aliphatic rings. The van der Waals surface area contributed by atoms with E-state index in [0.29, 0.717) is 4.67 Å². The van der Waals surface area contributed by atoms with E-state index in [0.717, 1.165) is 5.56 Å². The third kappa shape index (κ3) is 4.04. The maximum Gasteiger partial charge on any atom is 0.411 e. The molecule has 25 heavy (non-hydrogen) atoms. The fourth-order valence-electron chi connectivity index (χ4n) is 2.60. The second-order valence-corrected chi connectivity index (χ2v) is 6.77. The lowest BCUT2D eigenvalue weighted by atomic mass is 9.95. The van der Waals surface area contributed by atoms with Gasteiger partial charge in [-0.15, -0.1) is 0 Å². The van der Waals surface area contributed by atoms with Crippen molar-refractivity contribution in [2.45, 2.75) is 39.0 Å². The van der Waals surface area contributed by atoms with Crippen LogP contribution < -0.4 is 0 Å². The van der Waals surface area contributed by atoms with E-state index in [1.807, 2.05) is 30.3 Å². The van der Waals surface area contributed by atoms with Crippen molar-refractivity contribution in [1.29, 1.82) is 0 Å². The molecule has 0 saturated heterocycles. The zero-order chi connectivity index (χ0) is 18.6. The van der Waals surface area contributed by atoms with E-state index in [9.17, 15) is 14.7 Å². The third-order valence-corrected chi connectivity index (χ3v) is 4.30. The minimum Gasteiger partial charge on any atom is -0.479 e. The smallest absolute Gasteiger partial charge is 0.411 e. The first-order valence-electron chi connectivity index (χ1n) is 7.76. The van der Waals surface area contributed by atoms with Crippen LogP contribution >= 0.6 is 15.9 Å². The molecule has 0 saturated carbocycles. The predicted molar refractivity (Wildman–Crippen MR) is 95.0 cm³/mol. The first-order chi connectivity index (χ1) is 11.8. The monoisotopic (exact) mass is 409 g/mol. The Labute approximate surface area is 154 Å². The standard InChI is InChI=1S/C18H20BrNO5/c1-12(2)20(17(23)24-11-13-7-5-4-6-8-13)18(3,16(21)22)14-9-10-15(19)25-14/h4-10,12H,11H2,1-3H3,(H,21,22). The van der Waals surface area contributed by atoms with Gasteiger partial charge in [0.05, 0.1) is 0 Å². The molecule has 6 nitrogen and oxygen atoms in total. The van der Waals surface area contributed by atoms with Crippen LogP contribution in [0.25, 0.3) is 0 Å². The molecule has 1 heterocycles. The van der Waals surface area contributed by atoms with E-state index in [1.54, 1.807) is 19.9 Å². The molecule has 1 amide bonds. The van der Waals surface area contributed by atoms with Gasteiger partial charge >= 0.3 is 12.1 Å². The number of rotatable bonds is 6. The summed E-state index contributed by atoms with van der Waals surface area (Å²) in [6.45, 7) is 4.93. The lowest BCUT2D eigenvalue weighted by Gasteiger charge is -2.38. The molecule has 1 N–H and O–H groups in total. The molecule has 134 valence electrons. The molecule has 1 atom stereocenters. The first-order valence-corrected chi connectivity index (χ1v) is 8.55. The summed E-state index contributed by atoms with van der Waals surface area (Å²) >= 11 is 3.16. The van der Waals surface area contributed by atoms with Crippen LogP contribution in [0.4, 0.5) is 4.79 Å². The number of amides is 1. The van der Waals surface area contributed by atoms with Gasteiger partial charge in [-0.2, -0.15) is 0 Å². The molecule has 2 rings (SSSR count). The Hall–Kier alpha value is -2.28. The van der Waals surface area contributed by atoms with Gasteiger partial charge < -0.3 is 14.3 Å². The average molecular weight is 410 g/mol. The van der Waals surface area contributed by atoms with Gasteiger partial charge in [-0.1, -0.05) is 30.3 Å². The third-order valence-electron chi connectivity index (χ3n) is 3.87. The molecule has 2 aromatic rings. The number of hydrogen-bond acceptors (Lipinski definition) is 4. The minimum atomic E-state index is -1.70. The largest absolute Gasteiger partial charge is 0.479 e. The maximum atomic E-state index is 12.7. The highest BCUT2D eigenvalue weighted by Crippen LogP contribution is 2.34. The highest BCUT2D eigenvalue weighted by atomic mass is 79.9. The summed E-state index contributed by atoms with van der Waals surface area (Å²) in [7, 11) is 0. The van der Waals surface area contributed by atoms with Gasteiger partial charge in [0.15, 0.2) is 10.2 Å². The number of carboxylic acids is 1. The SMILES string of the molecule is CC(C)N(C(=O)OCc1ccccc1)C(C)(C(=O)O)c1ccc(Br)o1. The second kappa shape index (κ2) is 7.74. The molecular weight excluding hydrogens is 390 g/mol. The van der Waals surface area contributed by atoms with Gasteiger partial charge in [0.1, 0.15) is 12.4 Å². The quantitative estimate of drug-likeness (QED) is 0.764. The van der Waals surface area contributed by atoms with E-state index in [4.69, 9.17) is 9.15 Å². The summed E-state index contributed by atoms with van der Waals surface area (Å²) in [6, 6.07) is 11.9. The van der Waals surface area contributed by atoms with Crippen LogP contribution in [0.3, 0.4) is 0 Å². The van der Waals surface area contributed by atoms with Crippen LogP contribution in [0.1, 0.15) is 32.1 Å². The Morgan fingerprint density at radius 2 is 1.88 bits per heavy atom. The van der Waals surface area contributed by atoms with Gasteiger partial charge in [0, 0.05) is 6.04 Å². The van der Waals surface area contributed by atoms with Crippen molar-refractivity contribution >= 4 is 28.0 Å². The minimum absolute atomic E-state index is 0.0560. The van der Waals surface area contributed by atoms with Crippen molar-refractivity contribution in [3.63, 3.8) is 0 Å². The highest BCUT2D eigenvalue weighted by Gasteiger charge is 2.49. The molecular formula is C18H20BrNO5. The van der Waals surface area contributed by atoms with Crippen molar-refractivity contribution in [2.24, 2.45) is 0 Å². The average Bonchev–Trinajstić information content (AvgIpc) is 3.00. The number of carbonyl (C=O) groups excluding carboxylic acids is 1. The van der Waals surface area contributed by atoms with Crippen LogP contribution in [0.2, 0.25) is 0 Å². The molecule has 1 aromatic carbocycles. The Kier molecular flexibility index (Phi) is 5.89. The summed E-state index contributed by atoms with van der Waals surface area (Å²) in [4.78, 5) is 25.9. The molecule has 1 unspecified atom stereocenters. The summed E-state index contributed by atoms with van der Waals surface area (Å²) in [5, 5.41) is 9.82. The van der Waals surface area contributed by atoms with Crippen LogP contribution in [-0.4, -0.2) is 28.1 Å². The molecule has 1 aromatic heterocycles. The molecule has 7 heteroatoms. The Bertz CT molecular complexity index is 743. The van der Waals surface area contributed by atoms with E-state index >= 15 is 0 Å². The van der Waals surface area contributed by atoms with Crippen molar-refractivity contribution < 1.29 is 23.8 Å². The number of benzene rings is 1. The number of carbonyl (C=O) groups is 2. The zero-order valence-corrected chi connectivity index (χ0v) is 15.8. The van der Waals surface area contributed by atoms with E-state index in [1.165, 1.54) is 17.9 Å². The van der Waals surface area contributed by atoms with Crippen LogP contribution in [0.5, 0.6) is 0 Å². The zero-order valence-electron chi connectivity index (χ0n) is 14.2. The maximum absolute atomic E-state index is 12.7. The lowest BCUT2D eigenvalue weighted by Crippen LogP contribution is -2.55. The summed E-state index contributed by atoms with van der Waals surface area (Å²) in [5.41, 5.74) is -0.883. The van der Waals surface area contributed by atoms with E-state index in [2.05, 4.69) is 15.9 Å². The predicted octanol–water partition coefficient (Wildman–Crippen LogP) is 4.39.